The summed E-state index contributed by atoms with van der Waals surface area (Å²) in [5, 5.41) is 1.07. The molecule has 1 amide bonds. The maximum atomic E-state index is 13.5. The van der Waals surface area contributed by atoms with E-state index in [1.807, 2.05) is 54.5 Å². The Labute approximate surface area is 221 Å². The lowest BCUT2D eigenvalue weighted by molar-refractivity contribution is -0.0747. The first-order valence-electron chi connectivity index (χ1n) is 13.4. The average Bonchev–Trinajstić information content (AvgIpc) is 3.47. The number of ether oxygens (including phenoxy) is 2. The minimum absolute atomic E-state index is 0.0226. The number of Topliss-reactive ketones (excluding diaryl/α,β-unsaturated/α-hetero) is 1. The van der Waals surface area contributed by atoms with Gasteiger partial charge in [0.1, 0.15) is 6.61 Å². The fourth-order valence-corrected chi connectivity index (χ4v) is 6.77. The number of carbonyl (C=O) groups is 2. The molecule has 0 N–H and O–H groups in total. The molecule has 0 spiro atoms. The fourth-order valence-electron chi connectivity index (χ4n) is 6.77. The van der Waals surface area contributed by atoms with Crippen molar-refractivity contribution in [3.63, 3.8) is 0 Å². The van der Waals surface area contributed by atoms with E-state index in [4.69, 9.17) is 9.47 Å². The number of benzene rings is 3. The Kier molecular flexibility index (Phi) is 5.59. The summed E-state index contributed by atoms with van der Waals surface area (Å²) in [6, 6.07) is 24.3. The highest BCUT2D eigenvalue weighted by atomic mass is 16.6. The second-order valence-electron chi connectivity index (χ2n) is 10.8. The molecule has 1 aromatic heterocycles. The molecule has 38 heavy (non-hydrogen) atoms. The summed E-state index contributed by atoms with van der Waals surface area (Å²) in [6.07, 6.45) is 2.88. The van der Waals surface area contributed by atoms with Gasteiger partial charge in [-0.2, -0.15) is 0 Å². The average molecular weight is 507 g/mol. The highest BCUT2D eigenvalue weighted by molar-refractivity contribution is 6.01. The predicted molar refractivity (Wildman–Crippen MR) is 145 cm³/mol. The van der Waals surface area contributed by atoms with Crippen LogP contribution in [-0.2, 0) is 16.5 Å². The Morgan fingerprint density at radius 2 is 1.55 bits per heavy atom. The molecule has 6 nitrogen and oxygen atoms in total. The number of carbonyl (C=O) groups excluding carboxylic acids is 2. The molecule has 3 aromatic carbocycles. The zero-order valence-electron chi connectivity index (χ0n) is 21.4. The van der Waals surface area contributed by atoms with E-state index in [0.717, 1.165) is 16.5 Å². The van der Waals surface area contributed by atoms with Crippen molar-refractivity contribution in [1.29, 1.82) is 0 Å². The molecule has 2 aliphatic heterocycles. The minimum Gasteiger partial charge on any atom is -0.448 e. The second-order valence-corrected chi connectivity index (χ2v) is 10.8. The number of fused-ring (bicyclic) bond motifs is 6. The van der Waals surface area contributed by atoms with E-state index in [9.17, 15) is 9.59 Å². The molecule has 3 heterocycles. The van der Waals surface area contributed by atoms with Crippen LogP contribution >= 0.6 is 0 Å². The van der Waals surface area contributed by atoms with Crippen molar-refractivity contribution in [1.82, 2.24) is 9.47 Å². The topological polar surface area (TPSA) is 60.8 Å². The molecular weight excluding hydrogens is 476 g/mol. The Morgan fingerprint density at radius 3 is 2.24 bits per heavy atom. The number of amides is 1. The third-order valence-corrected chi connectivity index (χ3v) is 8.61. The van der Waals surface area contributed by atoms with Gasteiger partial charge in [-0.3, -0.25) is 9.69 Å². The van der Waals surface area contributed by atoms with E-state index in [2.05, 4.69) is 41.0 Å². The molecule has 1 aliphatic carbocycles. The van der Waals surface area contributed by atoms with Gasteiger partial charge in [0.2, 0.25) is 0 Å². The van der Waals surface area contributed by atoms with Crippen molar-refractivity contribution in [2.45, 2.75) is 30.8 Å². The van der Waals surface area contributed by atoms with E-state index in [1.165, 1.54) is 22.3 Å². The van der Waals surface area contributed by atoms with Gasteiger partial charge in [-0.1, -0.05) is 48.5 Å². The van der Waals surface area contributed by atoms with Crippen LogP contribution in [0, 0.1) is 5.92 Å². The van der Waals surface area contributed by atoms with Crippen LogP contribution in [0.3, 0.4) is 0 Å². The molecule has 0 radical (unpaired) electrons. The molecule has 2 bridgehead atoms. The van der Waals surface area contributed by atoms with Gasteiger partial charge in [-0.15, -0.1) is 0 Å². The summed E-state index contributed by atoms with van der Waals surface area (Å²) < 4.78 is 13.9. The number of ketones is 1. The zero-order chi connectivity index (χ0) is 25.8. The van der Waals surface area contributed by atoms with E-state index in [0.29, 0.717) is 32.7 Å². The highest BCUT2D eigenvalue weighted by Gasteiger charge is 2.45. The summed E-state index contributed by atoms with van der Waals surface area (Å²) in [5.74, 6) is 0.0435. The van der Waals surface area contributed by atoms with Gasteiger partial charge >= 0.3 is 6.09 Å². The minimum atomic E-state index is -0.304. The lowest BCUT2D eigenvalue weighted by Crippen LogP contribution is -2.60. The Balaban J connectivity index is 1.06. The first kappa shape index (κ1) is 23.2. The molecule has 6 heteroatoms. The number of aromatic nitrogens is 1. The van der Waals surface area contributed by atoms with Crippen LogP contribution in [0.25, 0.3) is 22.0 Å². The molecule has 192 valence electrons. The van der Waals surface area contributed by atoms with Gasteiger partial charge < -0.3 is 14.0 Å². The third kappa shape index (κ3) is 3.74. The monoisotopic (exact) mass is 506 g/mol. The quantitative estimate of drug-likeness (QED) is 0.329. The number of hydrogen-bond acceptors (Lipinski definition) is 4. The van der Waals surface area contributed by atoms with E-state index in [-0.39, 0.29) is 35.8 Å². The normalized spacial score (nSPS) is 22.2. The molecule has 2 unspecified atom stereocenters. The number of piperidine rings is 1. The van der Waals surface area contributed by atoms with E-state index >= 15 is 0 Å². The van der Waals surface area contributed by atoms with Crippen LogP contribution < -0.4 is 0 Å². The molecule has 2 saturated heterocycles. The summed E-state index contributed by atoms with van der Waals surface area (Å²) in [5.41, 5.74) is 6.67. The summed E-state index contributed by atoms with van der Waals surface area (Å²) in [7, 11) is 2.00. The van der Waals surface area contributed by atoms with Crippen LogP contribution in [0.2, 0.25) is 0 Å². The first-order chi connectivity index (χ1) is 18.6. The lowest BCUT2D eigenvalue weighted by atomic mass is 9.80. The first-order valence-corrected chi connectivity index (χ1v) is 13.4. The van der Waals surface area contributed by atoms with E-state index in [1.54, 1.807) is 0 Å². The summed E-state index contributed by atoms with van der Waals surface area (Å²) >= 11 is 0. The number of nitrogens with zero attached hydrogens (tertiary/aromatic N) is 2. The maximum Gasteiger partial charge on any atom is 0.410 e. The van der Waals surface area contributed by atoms with Crippen LogP contribution in [0.15, 0.2) is 79.0 Å². The Bertz CT molecular complexity index is 1500. The third-order valence-electron chi connectivity index (χ3n) is 8.61. The molecule has 0 saturated carbocycles. The van der Waals surface area contributed by atoms with Crippen molar-refractivity contribution in [3.05, 3.63) is 95.7 Å². The fraction of sp³-hybridized carbons (Fsp3) is 0.312. The molecule has 7 rings (SSSR count). The summed E-state index contributed by atoms with van der Waals surface area (Å²) in [4.78, 5) is 28.8. The number of hydrogen-bond donors (Lipinski definition) is 0. The van der Waals surface area contributed by atoms with Gasteiger partial charge in [0.25, 0.3) is 0 Å². The van der Waals surface area contributed by atoms with Crippen LogP contribution in [-0.4, -0.2) is 53.2 Å². The Hall–Kier alpha value is -3.90. The molecule has 4 aromatic rings. The van der Waals surface area contributed by atoms with Crippen molar-refractivity contribution < 1.29 is 19.1 Å². The maximum absolute atomic E-state index is 13.5. The smallest absolute Gasteiger partial charge is 0.410 e. The Morgan fingerprint density at radius 1 is 0.895 bits per heavy atom. The van der Waals surface area contributed by atoms with Crippen LogP contribution in [0.1, 0.15) is 40.2 Å². The van der Waals surface area contributed by atoms with Gasteiger partial charge in [0.15, 0.2) is 5.78 Å². The number of aryl methyl sites for hydroxylation is 1. The van der Waals surface area contributed by atoms with Crippen LogP contribution in [0.4, 0.5) is 4.79 Å². The molecule has 2 fully saturated rings. The molecule has 3 aliphatic rings. The highest BCUT2D eigenvalue weighted by Crippen LogP contribution is 2.45. The standard InChI is InChI=1S/C32H30N2O4/c1-33-13-12-20-14-21(10-11-30(20)33)31(35)22-15-23-17-37-18-24(16-22)34(23)32(36)38-19-29-27-8-4-2-6-25(27)26-7-3-5-9-28(26)29/h2-14,22-24,29H,15-19H2,1H3. The predicted octanol–water partition coefficient (Wildman–Crippen LogP) is 5.79. The SMILES string of the molecule is Cn1ccc2cc(C(=O)C3CC4COCC(C3)N4C(=O)OCC3c4ccccc4-c4ccccc43)ccc21. The van der Waals surface area contributed by atoms with Gasteiger partial charge in [0, 0.05) is 41.5 Å². The van der Waals surface area contributed by atoms with E-state index < -0.39 is 0 Å². The number of morpholine rings is 1. The lowest BCUT2D eigenvalue weighted by Gasteiger charge is -2.47. The molecular formula is C32H30N2O4. The van der Waals surface area contributed by atoms with Crippen molar-refractivity contribution in [2.24, 2.45) is 13.0 Å². The van der Waals surface area contributed by atoms with Crippen molar-refractivity contribution in [3.8, 4) is 11.1 Å². The van der Waals surface area contributed by atoms with Gasteiger partial charge in [-0.05, 0) is 59.4 Å². The van der Waals surface area contributed by atoms with Crippen molar-refractivity contribution >= 4 is 22.8 Å². The largest absolute Gasteiger partial charge is 0.448 e. The number of rotatable bonds is 4. The zero-order valence-corrected chi connectivity index (χ0v) is 21.4. The van der Waals surface area contributed by atoms with Crippen molar-refractivity contribution in [2.75, 3.05) is 19.8 Å². The van der Waals surface area contributed by atoms with Gasteiger partial charge in [0.05, 0.1) is 25.3 Å². The van der Waals surface area contributed by atoms with Crippen LogP contribution in [0.5, 0.6) is 0 Å². The van der Waals surface area contributed by atoms with Gasteiger partial charge in [-0.25, -0.2) is 4.79 Å². The second kappa shape index (κ2) is 9.14. The molecule has 2 atom stereocenters. The summed E-state index contributed by atoms with van der Waals surface area (Å²) in [6.45, 7) is 1.16.